The third kappa shape index (κ3) is 6.88. The predicted octanol–water partition coefficient (Wildman–Crippen LogP) is 2.56. The third-order valence-corrected chi connectivity index (χ3v) is 3.56. The van der Waals surface area contributed by atoms with Gasteiger partial charge in [0.15, 0.2) is 0 Å². The summed E-state index contributed by atoms with van der Waals surface area (Å²) in [4.78, 5) is 25.2. The number of hydrogen-bond acceptors (Lipinski definition) is 4. The highest BCUT2D eigenvalue weighted by Crippen LogP contribution is 2.27. The van der Waals surface area contributed by atoms with Crippen molar-refractivity contribution in [1.82, 2.24) is 4.90 Å². The van der Waals surface area contributed by atoms with Crippen molar-refractivity contribution in [3.05, 3.63) is 23.2 Å². The molecule has 0 atom stereocenters. The number of anilines is 1. The predicted molar refractivity (Wildman–Crippen MR) is 90.0 cm³/mol. The highest BCUT2D eigenvalue weighted by atomic mass is 35.5. The van der Waals surface area contributed by atoms with E-state index in [-0.39, 0.29) is 18.2 Å². The number of amides is 2. The van der Waals surface area contributed by atoms with Crippen molar-refractivity contribution in [2.75, 3.05) is 39.2 Å². The summed E-state index contributed by atoms with van der Waals surface area (Å²) in [7, 11) is 3.14. The third-order valence-electron chi connectivity index (χ3n) is 3.27. The average Bonchev–Trinajstić information content (AvgIpc) is 2.50. The number of halogens is 1. The van der Waals surface area contributed by atoms with E-state index in [4.69, 9.17) is 21.1 Å². The second-order valence-corrected chi connectivity index (χ2v) is 5.41. The number of carbonyl (C=O) groups is 2. The van der Waals surface area contributed by atoms with Crippen LogP contribution >= 0.6 is 11.6 Å². The molecule has 128 valence electrons. The number of nitrogens with zero attached hydrogens (tertiary/aromatic N) is 1. The second-order valence-electron chi connectivity index (χ2n) is 5.00. The van der Waals surface area contributed by atoms with Gasteiger partial charge < -0.3 is 19.7 Å². The Balaban J connectivity index is 2.48. The van der Waals surface area contributed by atoms with E-state index >= 15 is 0 Å². The van der Waals surface area contributed by atoms with Gasteiger partial charge in [0.2, 0.25) is 11.8 Å². The quantitative estimate of drug-likeness (QED) is 0.700. The van der Waals surface area contributed by atoms with Crippen LogP contribution in [-0.4, -0.2) is 50.6 Å². The lowest BCUT2D eigenvalue weighted by Gasteiger charge is -2.20. The molecule has 0 aromatic heterocycles. The summed E-state index contributed by atoms with van der Waals surface area (Å²) in [5, 5.41) is 3.18. The summed E-state index contributed by atoms with van der Waals surface area (Å²) < 4.78 is 10.0. The van der Waals surface area contributed by atoms with Gasteiger partial charge in [-0.2, -0.15) is 0 Å². The smallest absolute Gasteiger partial charge is 0.226 e. The van der Waals surface area contributed by atoms with Gasteiger partial charge in [-0.25, -0.2) is 0 Å². The van der Waals surface area contributed by atoms with Crippen molar-refractivity contribution < 1.29 is 19.1 Å². The van der Waals surface area contributed by atoms with Crippen LogP contribution in [0.1, 0.15) is 19.8 Å². The van der Waals surface area contributed by atoms with Gasteiger partial charge in [-0.1, -0.05) is 11.6 Å². The van der Waals surface area contributed by atoms with Crippen LogP contribution < -0.4 is 10.1 Å². The Kier molecular flexibility index (Phi) is 8.43. The van der Waals surface area contributed by atoms with Crippen molar-refractivity contribution in [2.24, 2.45) is 0 Å². The molecule has 0 spiro atoms. The van der Waals surface area contributed by atoms with Gasteiger partial charge in [0.05, 0.1) is 12.1 Å². The Morgan fingerprint density at radius 3 is 2.57 bits per heavy atom. The van der Waals surface area contributed by atoms with Gasteiger partial charge in [-0.3, -0.25) is 9.59 Å². The van der Waals surface area contributed by atoms with E-state index in [1.165, 1.54) is 14.0 Å². The average molecular weight is 343 g/mol. The number of hydrogen-bond donors (Lipinski definition) is 1. The molecule has 0 aliphatic heterocycles. The van der Waals surface area contributed by atoms with Crippen LogP contribution in [0.2, 0.25) is 5.02 Å². The topological polar surface area (TPSA) is 67.9 Å². The highest BCUT2D eigenvalue weighted by molar-refractivity contribution is 6.32. The van der Waals surface area contributed by atoms with E-state index in [2.05, 4.69) is 5.32 Å². The molecular weight excluding hydrogens is 320 g/mol. The molecule has 1 aromatic rings. The van der Waals surface area contributed by atoms with Crippen molar-refractivity contribution >= 4 is 29.1 Å². The molecule has 0 aliphatic carbocycles. The Labute approximate surface area is 141 Å². The number of benzene rings is 1. The zero-order valence-corrected chi connectivity index (χ0v) is 14.5. The van der Waals surface area contributed by atoms with Gasteiger partial charge in [0, 0.05) is 45.8 Å². The van der Waals surface area contributed by atoms with Gasteiger partial charge >= 0.3 is 0 Å². The minimum Gasteiger partial charge on any atom is -0.495 e. The van der Waals surface area contributed by atoms with Crippen LogP contribution in [0.3, 0.4) is 0 Å². The number of carbonyl (C=O) groups excluding carboxylic acids is 2. The SMILES string of the molecule is COCCCN(CCC(=O)Nc1ccc(OC)c(Cl)c1)C(C)=O. The van der Waals surface area contributed by atoms with Crippen LogP contribution in [0.15, 0.2) is 18.2 Å². The lowest BCUT2D eigenvalue weighted by atomic mass is 10.2. The molecule has 0 bridgehead atoms. The van der Waals surface area contributed by atoms with E-state index in [1.54, 1.807) is 30.2 Å². The fourth-order valence-corrected chi connectivity index (χ4v) is 2.29. The summed E-state index contributed by atoms with van der Waals surface area (Å²) in [6.07, 6.45) is 0.960. The van der Waals surface area contributed by atoms with E-state index in [0.717, 1.165) is 6.42 Å². The first-order chi connectivity index (χ1) is 11.0. The molecule has 0 unspecified atom stereocenters. The lowest BCUT2D eigenvalue weighted by Crippen LogP contribution is -2.33. The molecule has 23 heavy (non-hydrogen) atoms. The number of ether oxygens (including phenoxy) is 2. The number of rotatable bonds is 9. The molecule has 0 fully saturated rings. The molecule has 6 nitrogen and oxygen atoms in total. The number of methoxy groups -OCH3 is 2. The van der Waals surface area contributed by atoms with Crippen LogP contribution in [0, 0.1) is 0 Å². The fraction of sp³-hybridized carbons (Fsp3) is 0.500. The van der Waals surface area contributed by atoms with Crippen molar-refractivity contribution in [1.29, 1.82) is 0 Å². The van der Waals surface area contributed by atoms with E-state index < -0.39 is 0 Å². The maximum absolute atomic E-state index is 12.0. The molecule has 0 saturated carbocycles. The zero-order valence-electron chi connectivity index (χ0n) is 13.7. The maximum Gasteiger partial charge on any atom is 0.226 e. The Bertz CT molecular complexity index is 537. The molecular formula is C16H23ClN2O4. The Morgan fingerprint density at radius 1 is 1.26 bits per heavy atom. The van der Waals surface area contributed by atoms with Crippen LogP contribution in [0.5, 0.6) is 5.75 Å². The van der Waals surface area contributed by atoms with E-state index in [1.807, 2.05) is 0 Å². The number of nitrogens with one attached hydrogen (secondary N) is 1. The van der Waals surface area contributed by atoms with Crippen LogP contribution in [-0.2, 0) is 14.3 Å². The summed E-state index contributed by atoms with van der Waals surface area (Å²) in [5.74, 6) is 0.316. The molecule has 1 rings (SSSR count). The van der Waals surface area contributed by atoms with Gasteiger partial charge in [-0.15, -0.1) is 0 Å². The molecule has 7 heteroatoms. The van der Waals surface area contributed by atoms with Crippen LogP contribution in [0.4, 0.5) is 5.69 Å². The molecule has 0 saturated heterocycles. The molecule has 0 radical (unpaired) electrons. The summed E-state index contributed by atoms with van der Waals surface area (Å²) in [5.41, 5.74) is 0.592. The standard InChI is InChI=1S/C16H23ClN2O4/c1-12(20)19(8-4-10-22-2)9-7-16(21)18-13-5-6-15(23-3)14(17)11-13/h5-6,11H,4,7-10H2,1-3H3,(H,18,21). The normalized spacial score (nSPS) is 10.3. The van der Waals surface area contributed by atoms with Crippen LogP contribution in [0.25, 0.3) is 0 Å². The summed E-state index contributed by atoms with van der Waals surface area (Å²) >= 11 is 6.01. The highest BCUT2D eigenvalue weighted by Gasteiger charge is 2.11. The van der Waals surface area contributed by atoms with E-state index in [0.29, 0.717) is 36.2 Å². The first-order valence-corrected chi connectivity index (χ1v) is 7.73. The van der Waals surface area contributed by atoms with Crippen molar-refractivity contribution in [3.63, 3.8) is 0 Å². The Hall–Kier alpha value is -1.79. The second kappa shape index (κ2) is 10.1. The molecule has 0 aliphatic rings. The minimum atomic E-state index is -0.177. The van der Waals surface area contributed by atoms with E-state index in [9.17, 15) is 9.59 Å². The Morgan fingerprint density at radius 2 is 2.00 bits per heavy atom. The first kappa shape index (κ1) is 19.3. The van der Waals surface area contributed by atoms with Crippen molar-refractivity contribution in [2.45, 2.75) is 19.8 Å². The summed E-state index contributed by atoms with van der Waals surface area (Å²) in [6.45, 7) is 3.02. The largest absolute Gasteiger partial charge is 0.495 e. The van der Waals surface area contributed by atoms with Gasteiger partial charge in [0.25, 0.3) is 0 Å². The van der Waals surface area contributed by atoms with Gasteiger partial charge in [0.1, 0.15) is 5.75 Å². The monoisotopic (exact) mass is 342 g/mol. The summed E-state index contributed by atoms with van der Waals surface area (Å²) in [6, 6.07) is 5.02. The van der Waals surface area contributed by atoms with Gasteiger partial charge in [-0.05, 0) is 24.6 Å². The maximum atomic E-state index is 12.0. The first-order valence-electron chi connectivity index (χ1n) is 7.35. The van der Waals surface area contributed by atoms with Crippen molar-refractivity contribution in [3.8, 4) is 5.75 Å². The molecule has 2 amide bonds. The molecule has 1 N–H and O–H groups in total. The fourth-order valence-electron chi connectivity index (χ4n) is 2.03. The lowest BCUT2D eigenvalue weighted by molar-refractivity contribution is -0.129. The molecule has 0 heterocycles. The minimum absolute atomic E-state index is 0.0543. The molecule has 1 aromatic carbocycles. The zero-order chi connectivity index (χ0) is 17.2.